The predicted octanol–water partition coefficient (Wildman–Crippen LogP) is 2.95. The van der Waals surface area contributed by atoms with Crippen molar-refractivity contribution in [1.82, 2.24) is 9.80 Å². The number of aliphatic hydroxyl groups is 1. The number of aliphatic hydroxyl groups excluding tert-OH is 1. The summed E-state index contributed by atoms with van der Waals surface area (Å²) < 4.78 is 19.4. The normalized spacial score (nSPS) is 18.6. The number of piperazine rings is 1. The van der Waals surface area contributed by atoms with Crippen molar-refractivity contribution in [3.63, 3.8) is 0 Å². The predicted molar refractivity (Wildman–Crippen MR) is 105 cm³/mol. The van der Waals surface area contributed by atoms with Crippen LogP contribution in [0.4, 0.5) is 4.39 Å². The van der Waals surface area contributed by atoms with Gasteiger partial charge < -0.3 is 14.7 Å². The zero-order valence-electron chi connectivity index (χ0n) is 16.0. The molecule has 4 nitrogen and oxygen atoms in total. The summed E-state index contributed by atoms with van der Waals surface area (Å²) in [7, 11) is 1.54. The van der Waals surface area contributed by atoms with Crippen LogP contribution >= 0.6 is 0 Å². The molecule has 2 aromatic rings. The van der Waals surface area contributed by atoms with Crippen LogP contribution in [-0.2, 0) is 13.0 Å². The van der Waals surface area contributed by atoms with Crippen LogP contribution in [0.3, 0.4) is 0 Å². The van der Waals surface area contributed by atoms with Gasteiger partial charge in [0.25, 0.3) is 0 Å². The SMILES string of the molecule is COc1ccc(CN2CCN(CCc3ccccc3)C[C@@H]2CCO)c(F)c1. The minimum atomic E-state index is -0.233. The standard InChI is InChI=1S/C22H29FN2O2/c1-27-21-8-7-19(22(23)15-21)16-25-13-12-24(17-20(25)10-14-26)11-9-18-5-3-2-4-6-18/h2-8,15,20,26H,9-14,16-17H2,1H3/t20-/m0/s1. The molecule has 0 aromatic heterocycles. The smallest absolute Gasteiger partial charge is 0.131 e. The summed E-state index contributed by atoms with van der Waals surface area (Å²) in [5.74, 6) is 0.303. The molecule has 27 heavy (non-hydrogen) atoms. The second-order valence-electron chi connectivity index (χ2n) is 7.13. The lowest BCUT2D eigenvalue weighted by Gasteiger charge is -2.41. The van der Waals surface area contributed by atoms with Crippen molar-refractivity contribution >= 4 is 0 Å². The Hall–Kier alpha value is -1.95. The zero-order valence-corrected chi connectivity index (χ0v) is 16.0. The molecule has 0 radical (unpaired) electrons. The van der Waals surface area contributed by atoms with Gasteiger partial charge in [0, 0.05) is 57.0 Å². The summed E-state index contributed by atoms with van der Waals surface area (Å²) in [5, 5.41) is 9.48. The maximum atomic E-state index is 14.3. The van der Waals surface area contributed by atoms with Crippen molar-refractivity contribution < 1.29 is 14.2 Å². The van der Waals surface area contributed by atoms with Gasteiger partial charge in [0.2, 0.25) is 0 Å². The lowest BCUT2D eigenvalue weighted by molar-refractivity contribution is 0.0536. The van der Waals surface area contributed by atoms with Crippen LogP contribution in [0.15, 0.2) is 48.5 Å². The van der Waals surface area contributed by atoms with E-state index < -0.39 is 0 Å². The van der Waals surface area contributed by atoms with Crippen LogP contribution in [0, 0.1) is 5.82 Å². The highest BCUT2D eigenvalue weighted by molar-refractivity contribution is 5.29. The van der Waals surface area contributed by atoms with Gasteiger partial charge in [-0.25, -0.2) is 4.39 Å². The van der Waals surface area contributed by atoms with E-state index in [1.807, 2.05) is 6.07 Å². The van der Waals surface area contributed by atoms with E-state index in [9.17, 15) is 9.50 Å². The van der Waals surface area contributed by atoms with Gasteiger partial charge in [0.05, 0.1) is 7.11 Å². The van der Waals surface area contributed by atoms with Gasteiger partial charge in [0.15, 0.2) is 0 Å². The second kappa shape index (κ2) is 9.83. The third kappa shape index (κ3) is 5.51. The Bertz CT molecular complexity index is 711. The average molecular weight is 372 g/mol. The van der Waals surface area contributed by atoms with E-state index >= 15 is 0 Å². The highest BCUT2D eigenvalue weighted by Crippen LogP contribution is 2.21. The summed E-state index contributed by atoms with van der Waals surface area (Å²) in [4.78, 5) is 4.74. The van der Waals surface area contributed by atoms with Crippen LogP contribution in [0.5, 0.6) is 5.75 Å². The Morgan fingerprint density at radius 2 is 1.96 bits per heavy atom. The van der Waals surface area contributed by atoms with Crippen LogP contribution in [-0.4, -0.2) is 60.8 Å². The molecule has 2 aromatic carbocycles. The second-order valence-corrected chi connectivity index (χ2v) is 7.13. The fraction of sp³-hybridized carbons (Fsp3) is 0.455. The van der Waals surface area contributed by atoms with Crippen molar-refractivity contribution in [3.8, 4) is 5.75 Å². The molecule has 3 rings (SSSR count). The Morgan fingerprint density at radius 3 is 2.67 bits per heavy atom. The van der Waals surface area contributed by atoms with Gasteiger partial charge >= 0.3 is 0 Å². The molecular weight excluding hydrogens is 343 g/mol. The molecule has 1 saturated heterocycles. The number of ether oxygens (including phenoxy) is 1. The van der Waals surface area contributed by atoms with E-state index in [-0.39, 0.29) is 18.5 Å². The number of benzene rings is 2. The first-order chi connectivity index (χ1) is 13.2. The fourth-order valence-corrected chi connectivity index (χ4v) is 3.73. The summed E-state index contributed by atoms with van der Waals surface area (Å²) in [6.45, 7) is 4.48. The fourth-order valence-electron chi connectivity index (χ4n) is 3.73. The minimum Gasteiger partial charge on any atom is -0.497 e. The van der Waals surface area contributed by atoms with Crippen LogP contribution < -0.4 is 4.74 Å². The molecule has 146 valence electrons. The van der Waals surface area contributed by atoms with E-state index in [0.717, 1.165) is 32.6 Å². The highest BCUT2D eigenvalue weighted by Gasteiger charge is 2.27. The van der Waals surface area contributed by atoms with E-state index in [1.165, 1.54) is 11.6 Å². The van der Waals surface area contributed by atoms with E-state index in [0.29, 0.717) is 24.3 Å². The average Bonchev–Trinajstić information content (AvgIpc) is 2.70. The lowest BCUT2D eigenvalue weighted by Crippen LogP contribution is -2.53. The molecule has 1 fully saturated rings. The number of nitrogens with zero attached hydrogens (tertiary/aromatic N) is 2. The van der Waals surface area contributed by atoms with Crippen molar-refractivity contribution in [2.24, 2.45) is 0 Å². The molecule has 1 atom stereocenters. The first-order valence-electron chi connectivity index (χ1n) is 9.63. The molecule has 0 unspecified atom stereocenters. The summed E-state index contributed by atoms with van der Waals surface area (Å²) in [6, 6.07) is 15.8. The number of rotatable bonds is 8. The first kappa shape index (κ1) is 19.8. The Kier molecular flexibility index (Phi) is 7.21. The third-order valence-corrected chi connectivity index (χ3v) is 5.34. The molecule has 0 bridgehead atoms. The van der Waals surface area contributed by atoms with Crippen molar-refractivity contribution in [1.29, 1.82) is 0 Å². The van der Waals surface area contributed by atoms with Gasteiger partial charge in [-0.15, -0.1) is 0 Å². The van der Waals surface area contributed by atoms with Crippen molar-refractivity contribution in [2.45, 2.75) is 25.4 Å². The molecule has 0 saturated carbocycles. The molecule has 0 aliphatic carbocycles. The van der Waals surface area contributed by atoms with Crippen molar-refractivity contribution in [3.05, 3.63) is 65.5 Å². The Balaban J connectivity index is 1.59. The molecule has 1 heterocycles. The van der Waals surface area contributed by atoms with E-state index in [4.69, 9.17) is 4.74 Å². The summed E-state index contributed by atoms with van der Waals surface area (Å²) in [5.41, 5.74) is 2.02. The molecule has 1 aliphatic rings. The van der Waals surface area contributed by atoms with Gasteiger partial charge in [-0.3, -0.25) is 4.90 Å². The topological polar surface area (TPSA) is 35.9 Å². The zero-order chi connectivity index (χ0) is 19.1. The van der Waals surface area contributed by atoms with Gasteiger partial charge in [-0.05, 0) is 24.5 Å². The highest BCUT2D eigenvalue weighted by atomic mass is 19.1. The number of hydrogen-bond donors (Lipinski definition) is 1. The maximum Gasteiger partial charge on any atom is 0.131 e. The van der Waals surface area contributed by atoms with E-state index in [1.54, 1.807) is 19.2 Å². The molecule has 1 aliphatic heterocycles. The van der Waals surface area contributed by atoms with Gasteiger partial charge in [0.1, 0.15) is 11.6 Å². The van der Waals surface area contributed by atoms with Crippen LogP contribution in [0.25, 0.3) is 0 Å². The van der Waals surface area contributed by atoms with Crippen LogP contribution in [0.1, 0.15) is 17.5 Å². The quantitative estimate of drug-likeness (QED) is 0.773. The summed E-state index contributed by atoms with van der Waals surface area (Å²) >= 11 is 0. The number of hydrogen-bond acceptors (Lipinski definition) is 4. The molecule has 1 N–H and O–H groups in total. The summed E-state index contributed by atoms with van der Waals surface area (Å²) in [6.07, 6.45) is 1.74. The maximum absolute atomic E-state index is 14.3. The van der Waals surface area contributed by atoms with Crippen LogP contribution in [0.2, 0.25) is 0 Å². The minimum absolute atomic E-state index is 0.152. The number of halogens is 1. The molecular formula is C22H29FN2O2. The van der Waals surface area contributed by atoms with Gasteiger partial charge in [-0.1, -0.05) is 36.4 Å². The monoisotopic (exact) mass is 372 g/mol. The number of methoxy groups -OCH3 is 1. The third-order valence-electron chi connectivity index (χ3n) is 5.34. The lowest BCUT2D eigenvalue weighted by atomic mass is 10.1. The Morgan fingerprint density at radius 1 is 1.15 bits per heavy atom. The van der Waals surface area contributed by atoms with Gasteiger partial charge in [-0.2, -0.15) is 0 Å². The first-order valence-corrected chi connectivity index (χ1v) is 9.63. The largest absolute Gasteiger partial charge is 0.497 e. The molecule has 0 amide bonds. The molecule has 5 heteroatoms. The molecule has 0 spiro atoms. The van der Waals surface area contributed by atoms with E-state index in [2.05, 4.69) is 34.1 Å². The van der Waals surface area contributed by atoms with Crippen molar-refractivity contribution in [2.75, 3.05) is 39.9 Å². The Labute approximate surface area is 161 Å².